The zero-order chi connectivity index (χ0) is 9.68. The molecule has 3 heteroatoms. The minimum absolute atomic E-state index is 0.383. The Morgan fingerprint density at radius 3 is 2.92 bits per heavy atom. The van der Waals surface area contributed by atoms with Gasteiger partial charge >= 0.3 is 0 Å². The van der Waals surface area contributed by atoms with Crippen LogP contribution in [0.2, 0.25) is 0 Å². The number of aryl methyl sites for hydroxylation is 1. The van der Waals surface area contributed by atoms with Crippen LogP contribution < -0.4 is 0 Å². The number of hydrogen-bond donors (Lipinski definition) is 0. The van der Waals surface area contributed by atoms with Gasteiger partial charge in [0.1, 0.15) is 12.0 Å². The molecule has 0 aromatic carbocycles. The van der Waals surface area contributed by atoms with Gasteiger partial charge in [-0.1, -0.05) is 6.92 Å². The van der Waals surface area contributed by atoms with E-state index >= 15 is 0 Å². The quantitative estimate of drug-likeness (QED) is 0.538. The van der Waals surface area contributed by atoms with Crippen LogP contribution >= 0.6 is 11.8 Å². The third-order valence-corrected chi connectivity index (χ3v) is 3.46. The van der Waals surface area contributed by atoms with E-state index in [1.54, 1.807) is 18.0 Å². The maximum Gasteiger partial charge on any atom is 0.121 e. The van der Waals surface area contributed by atoms with Crippen molar-refractivity contribution in [2.45, 2.75) is 36.8 Å². The maximum atomic E-state index is 10.4. The van der Waals surface area contributed by atoms with E-state index in [1.165, 1.54) is 0 Å². The van der Waals surface area contributed by atoms with Crippen LogP contribution in [0.1, 0.15) is 25.5 Å². The van der Waals surface area contributed by atoms with Gasteiger partial charge in [-0.15, -0.1) is 11.8 Å². The number of thioether (sulfide) groups is 1. The molecule has 0 aliphatic carbocycles. The Morgan fingerprint density at radius 1 is 1.69 bits per heavy atom. The van der Waals surface area contributed by atoms with E-state index in [0.29, 0.717) is 11.7 Å². The number of aldehydes is 1. The fourth-order valence-corrected chi connectivity index (χ4v) is 2.13. The molecule has 0 saturated carbocycles. The lowest BCUT2D eigenvalue weighted by atomic mass is 10.3. The molecule has 72 valence electrons. The van der Waals surface area contributed by atoms with Gasteiger partial charge in [-0.25, -0.2) is 0 Å². The molecule has 0 N–H and O–H groups in total. The maximum absolute atomic E-state index is 10.4. The molecule has 0 radical (unpaired) electrons. The average Bonchev–Trinajstić information content (AvgIpc) is 2.51. The van der Waals surface area contributed by atoms with Gasteiger partial charge < -0.3 is 9.21 Å². The van der Waals surface area contributed by atoms with Gasteiger partial charge in [0.25, 0.3) is 0 Å². The van der Waals surface area contributed by atoms with Gasteiger partial charge in [-0.2, -0.15) is 0 Å². The zero-order valence-corrected chi connectivity index (χ0v) is 8.76. The lowest BCUT2D eigenvalue weighted by Gasteiger charge is -2.09. The predicted octanol–water partition coefficient (Wildman–Crippen LogP) is 3.05. The lowest BCUT2D eigenvalue weighted by Crippen LogP contribution is -2.00. The lowest BCUT2D eigenvalue weighted by molar-refractivity contribution is -0.107. The van der Waals surface area contributed by atoms with Crippen molar-refractivity contribution < 1.29 is 9.21 Å². The molecule has 0 spiro atoms. The van der Waals surface area contributed by atoms with Crippen molar-refractivity contribution in [1.29, 1.82) is 0 Å². The summed E-state index contributed by atoms with van der Waals surface area (Å²) in [5.41, 5.74) is 0. The molecule has 1 unspecified atom stereocenters. The molecule has 0 aliphatic rings. The molecule has 1 aromatic heterocycles. The summed E-state index contributed by atoms with van der Waals surface area (Å²) in [6.07, 6.45) is 4.29. The summed E-state index contributed by atoms with van der Waals surface area (Å²) in [6.45, 7) is 4.03. The number of carbonyl (C=O) groups is 1. The molecule has 0 saturated heterocycles. The molecule has 0 bridgehead atoms. The third-order valence-electron chi connectivity index (χ3n) is 1.92. The molecule has 0 aliphatic heterocycles. The third kappa shape index (κ3) is 2.92. The smallest absolute Gasteiger partial charge is 0.121 e. The molecule has 1 aromatic rings. The van der Waals surface area contributed by atoms with Crippen molar-refractivity contribution in [3.05, 3.63) is 18.1 Å². The number of rotatable bonds is 5. The Morgan fingerprint density at radius 2 is 2.46 bits per heavy atom. The first-order valence-corrected chi connectivity index (χ1v) is 5.30. The largest absolute Gasteiger partial charge is 0.468 e. The van der Waals surface area contributed by atoms with E-state index in [-0.39, 0.29) is 0 Å². The van der Waals surface area contributed by atoms with Crippen LogP contribution in [0, 0.1) is 6.92 Å². The summed E-state index contributed by atoms with van der Waals surface area (Å²) < 4.78 is 5.18. The van der Waals surface area contributed by atoms with Gasteiger partial charge in [-0.3, -0.25) is 0 Å². The first kappa shape index (κ1) is 10.4. The molecule has 1 heterocycles. The Bertz CT molecular complexity index is 268. The standard InChI is InChI=1S/C10H14O2S/c1-3-9(4-6-11)13-10-5-7-12-8(10)2/h5-7,9H,3-4H2,1-2H3. The fraction of sp³-hybridized carbons (Fsp3) is 0.500. The molecule has 0 amide bonds. The van der Waals surface area contributed by atoms with Gasteiger partial charge in [0.15, 0.2) is 0 Å². The van der Waals surface area contributed by atoms with E-state index in [2.05, 4.69) is 6.92 Å². The molecule has 1 rings (SSSR count). The van der Waals surface area contributed by atoms with E-state index in [9.17, 15) is 4.79 Å². The SMILES string of the molecule is CCC(CC=O)Sc1ccoc1C. The average molecular weight is 198 g/mol. The highest BCUT2D eigenvalue weighted by atomic mass is 32.2. The van der Waals surface area contributed by atoms with E-state index in [1.807, 2.05) is 13.0 Å². The molecular formula is C10H14O2S. The predicted molar refractivity (Wildman–Crippen MR) is 54.1 cm³/mol. The van der Waals surface area contributed by atoms with Gasteiger partial charge in [-0.05, 0) is 19.4 Å². The van der Waals surface area contributed by atoms with Crippen LogP contribution in [0.3, 0.4) is 0 Å². The highest BCUT2D eigenvalue weighted by Crippen LogP contribution is 2.30. The zero-order valence-electron chi connectivity index (χ0n) is 7.95. The van der Waals surface area contributed by atoms with Crippen LogP contribution in [0.25, 0.3) is 0 Å². The van der Waals surface area contributed by atoms with Crippen molar-refractivity contribution >= 4 is 18.0 Å². The van der Waals surface area contributed by atoms with Gasteiger partial charge in [0.2, 0.25) is 0 Å². The summed E-state index contributed by atoms with van der Waals surface area (Å²) in [5.74, 6) is 0.939. The number of carbonyl (C=O) groups excluding carboxylic acids is 1. The second-order valence-corrected chi connectivity index (χ2v) is 4.23. The number of furan rings is 1. The topological polar surface area (TPSA) is 30.2 Å². The normalized spacial score (nSPS) is 12.8. The summed E-state index contributed by atoms with van der Waals surface area (Å²) in [5, 5.41) is 0.383. The Hall–Kier alpha value is -0.700. The van der Waals surface area contributed by atoms with Crippen molar-refractivity contribution in [2.75, 3.05) is 0 Å². The van der Waals surface area contributed by atoms with Gasteiger partial charge in [0, 0.05) is 16.6 Å². The summed E-state index contributed by atoms with van der Waals surface area (Å²) >= 11 is 1.72. The second kappa shape index (κ2) is 5.12. The Kier molecular flexibility index (Phi) is 4.09. The molecular weight excluding hydrogens is 184 g/mol. The minimum Gasteiger partial charge on any atom is -0.468 e. The van der Waals surface area contributed by atoms with Crippen LogP contribution in [0.5, 0.6) is 0 Å². The van der Waals surface area contributed by atoms with Crippen LogP contribution in [-0.4, -0.2) is 11.5 Å². The van der Waals surface area contributed by atoms with Crippen LogP contribution in [0.15, 0.2) is 21.6 Å². The van der Waals surface area contributed by atoms with E-state index < -0.39 is 0 Å². The first-order chi connectivity index (χ1) is 6.27. The molecule has 0 fully saturated rings. The summed E-state index contributed by atoms with van der Waals surface area (Å²) in [7, 11) is 0. The van der Waals surface area contributed by atoms with Gasteiger partial charge in [0.05, 0.1) is 6.26 Å². The Labute approximate surface area is 82.7 Å². The highest BCUT2D eigenvalue weighted by molar-refractivity contribution is 8.00. The van der Waals surface area contributed by atoms with E-state index in [0.717, 1.165) is 23.4 Å². The van der Waals surface area contributed by atoms with Crippen molar-refractivity contribution in [3.8, 4) is 0 Å². The summed E-state index contributed by atoms with van der Waals surface area (Å²) in [4.78, 5) is 11.5. The molecule has 2 nitrogen and oxygen atoms in total. The van der Waals surface area contributed by atoms with Crippen LogP contribution in [-0.2, 0) is 4.79 Å². The summed E-state index contributed by atoms with van der Waals surface area (Å²) in [6, 6.07) is 1.95. The van der Waals surface area contributed by atoms with Crippen molar-refractivity contribution in [2.24, 2.45) is 0 Å². The van der Waals surface area contributed by atoms with Crippen molar-refractivity contribution in [3.63, 3.8) is 0 Å². The minimum atomic E-state index is 0.383. The first-order valence-electron chi connectivity index (χ1n) is 4.42. The number of hydrogen-bond acceptors (Lipinski definition) is 3. The Balaban J connectivity index is 2.55. The highest BCUT2D eigenvalue weighted by Gasteiger charge is 2.10. The monoisotopic (exact) mass is 198 g/mol. The fourth-order valence-electron chi connectivity index (χ4n) is 1.08. The van der Waals surface area contributed by atoms with Crippen molar-refractivity contribution in [1.82, 2.24) is 0 Å². The molecule has 13 heavy (non-hydrogen) atoms. The molecule has 1 atom stereocenters. The van der Waals surface area contributed by atoms with E-state index in [4.69, 9.17) is 4.42 Å². The second-order valence-electron chi connectivity index (χ2n) is 2.89. The van der Waals surface area contributed by atoms with Crippen LogP contribution in [0.4, 0.5) is 0 Å².